The maximum absolute atomic E-state index is 6.82. The maximum atomic E-state index is 6.82. The molecule has 6 aromatic carbocycles. The van der Waals surface area contributed by atoms with Gasteiger partial charge in [0.25, 0.3) is 0 Å². The number of rotatable bonds is 5. The Hall–Kier alpha value is -5.78. The normalized spacial score (nSPS) is 21.0. The van der Waals surface area contributed by atoms with Crippen LogP contribution in [0.25, 0.3) is 56.1 Å². The van der Waals surface area contributed by atoms with Gasteiger partial charge in [0, 0.05) is 22.1 Å². The summed E-state index contributed by atoms with van der Waals surface area (Å²) in [6.45, 7) is 0. The predicted molar refractivity (Wildman–Crippen MR) is 209 cm³/mol. The molecule has 0 saturated carbocycles. The van der Waals surface area contributed by atoms with Crippen molar-refractivity contribution in [3.05, 3.63) is 191 Å². The van der Waals surface area contributed by atoms with Gasteiger partial charge in [-0.3, -0.25) is 16.0 Å². The Bertz CT molecular complexity index is 2550. The molecule has 3 unspecified atom stereocenters. The van der Waals surface area contributed by atoms with E-state index in [1.807, 2.05) is 0 Å². The molecule has 1 saturated heterocycles. The van der Waals surface area contributed by atoms with Crippen molar-refractivity contribution in [2.45, 2.75) is 24.9 Å². The lowest BCUT2D eigenvalue weighted by Crippen LogP contribution is -2.54. The third-order valence-corrected chi connectivity index (χ3v) is 10.7. The lowest BCUT2D eigenvalue weighted by atomic mass is 9.87. The topological polar surface area (TPSA) is 49.2 Å². The Balaban J connectivity index is 1.13. The van der Waals surface area contributed by atoms with Crippen LogP contribution in [0.2, 0.25) is 0 Å². The van der Waals surface area contributed by atoms with Crippen LogP contribution in [0.15, 0.2) is 168 Å². The van der Waals surface area contributed by atoms with Crippen molar-refractivity contribution in [1.29, 1.82) is 0 Å². The summed E-state index contributed by atoms with van der Waals surface area (Å²) in [6, 6.07) is 50.1. The van der Waals surface area contributed by atoms with Crippen LogP contribution in [0.1, 0.15) is 41.6 Å². The van der Waals surface area contributed by atoms with E-state index in [4.69, 9.17) is 4.42 Å². The Kier molecular flexibility index (Phi) is 7.38. The summed E-state index contributed by atoms with van der Waals surface area (Å²) in [5.41, 5.74) is 11.4. The summed E-state index contributed by atoms with van der Waals surface area (Å²) in [6.07, 6.45) is 12.1. The van der Waals surface area contributed by atoms with Crippen molar-refractivity contribution < 1.29 is 4.42 Å². The van der Waals surface area contributed by atoms with Gasteiger partial charge in [-0.1, -0.05) is 152 Å². The summed E-state index contributed by atoms with van der Waals surface area (Å²) in [5, 5.41) is 16.5. The van der Waals surface area contributed by atoms with E-state index in [2.05, 4.69) is 186 Å². The van der Waals surface area contributed by atoms with Crippen molar-refractivity contribution in [2.24, 2.45) is 5.92 Å². The SMILES string of the molecule is C1=CCC2C=c3c(oc4c(-c5ccc(-c6cccc7ccccc67)cc5)cc(C5NC(c6ccccc6)NC(c6ccccc6)N5)cc34)=CC2=C1. The second-order valence-corrected chi connectivity index (χ2v) is 13.8. The standard InChI is InChI=1S/C47H37N3O/c1-3-13-33(14-4-1)45-48-46(34-15-5-2-6-16-34)50-47(49-45)37-27-40(44-42(28-37)41-26-35-17-7-8-18-36(35)29-43(41)51-44)32-24-22-31(23-25-32)39-21-11-19-30-12-9-10-20-38(30)39/h1-16,18-29,35,45-50H,17H2. The fourth-order valence-corrected chi connectivity index (χ4v) is 8.07. The Labute approximate surface area is 297 Å². The van der Waals surface area contributed by atoms with E-state index in [0.717, 1.165) is 33.9 Å². The van der Waals surface area contributed by atoms with Gasteiger partial charge in [0.05, 0.1) is 18.5 Å². The van der Waals surface area contributed by atoms with Crippen molar-refractivity contribution in [2.75, 3.05) is 0 Å². The lowest BCUT2D eigenvalue weighted by molar-refractivity contribution is 0.203. The van der Waals surface area contributed by atoms with Crippen LogP contribution < -0.4 is 26.6 Å². The van der Waals surface area contributed by atoms with Gasteiger partial charge in [0.15, 0.2) is 0 Å². The fraction of sp³-hybridized carbons (Fsp3) is 0.106. The largest absolute Gasteiger partial charge is 0.455 e. The molecule has 1 aromatic heterocycles. The van der Waals surface area contributed by atoms with Gasteiger partial charge in [-0.25, -0.2) is 0 Å². The molecule has 1 fully saturated rings. The van der Waals surface area contributed by atoms with Crippen molar-refractivity contribution in [1.82, 2.24) is 16.0 Å². The minimum Gasteiger partial charge on any atom is -0.455 e. The van der Waals surface area contributed by atoms with Crippen molar-refractivity contribution in [3.8, 4) is 22.3 Å². The summed E-state index contributed by atoms with van der Waals surface area (Å²) in [4.78, 5) is 0. The van der Waals surface area contributed by atoms with Crippen LogP contribution in [0, 0.1) is 5.92 Å². The van der Waals surface area contributed by atoms with Gasteiger partial charge in [0.1, 0.15) is 11.0 Å². The van der Waals surface area contributed by atoms with Crippen LogP contribution in [0.5, 0.6) is 0 Å². The zero-order valence-electron chi connectivity index (χ0n) is 28.1. The molecule has 0 bridgehead atoms. The van der Waals surface area contributed by atoms with Gasteiger partial charge in [-0.05, 0) is 74.4 Å². The van der Waals surface area contributed by atoms with Crippen molar-refractivity contribution in [3.63, 3.8) is 0 Å². The number of hydrogen-bond acceptors (Lipinski definition) is 4. The first kappa shape index (κ1) is 30.1. The van der Waals surface area contributed by atoms with E-state index >= 15 is 0 Å². The number of nitrogens with one attached hydrogen (secondary N) is 3. The molecule has 0 radical (unpaired) electrons. The number of hydrogen-bond donors (Lipinski definition) is 3. The molecule has 0 amide bonds. The van der Waals surface area contributed by atoms with Gasteiger partial charge in [-0.2, -0.15) is 0 Å². The van der Waals surface area contributed by atoms with Crippen LogP contribution in [0.4, 0.5) is 0 Å². The average Bonchev–Trinajstić information content (AvgIpc) is 3.57. The predicted octanol–water partition coefficient (Wildman–Crippen LogP) is 9.18. The summed E-state index contributed by atoms with van der Waals surface area (Å²) in [5.74, 6) is 0.357. The molecule has 3 N–H and O–H groups in total. The molecule has 2 aliphatic carbocycles. The highest BCUT2D eigenvalue weighted by molar-refractivity contribution is 5.98. The minimum absolute atomic E-state index is 0.0540. The molecule has 2 heterocycles. The quantitative estimate of drug-likeness (QED) is 0.173. The second-order valence-electron chi connectivity index (χ2n) is 13.8. The van der Waals surface area contributed by atoms with E-state index < -0.39 is 0 Å². The number of furan rings is 1. The first-order valence-electron chi connectivity index (χ1n) is 17.9. The molecular weight excluding hydrogens is 623 g/mol. The van der Waals surface area contributed by atoms with Gasteiger partial charge in [-0.15, -0.1) is 0 Å². The van der Waals surface area contributed by atoms with Crippen LogP contribution >= 0.6 is 0 Å². The molecule has 1 aliphatic heterocycles. The van der Waals surface area contributed by atoms with Gasteiger partial charge in [0.2, 0.25) is 0 Å². The van der Waals surface area contributed by atoms with E-state index in [9.17, 15) is 0 Å². The molecule has 3 atom stereocenters. The van der Waals surface area contributed by atoms with E-state index in [1.165, 1.54) is 49.4 Å². The number of fused-ring (bicyclic) bond motifs is 5. The highest BCUT2D eigenvalue weighted by atomic mass is 16.3. The van der Waals surface area contributed by atoms with Gasteiger partial charge < -0.3 is 4.42 Å². The summed E-state index contributed by atoms with van der Waals surface area (Å²) >= 11 is 0. The monoisotopic (exact) mass is 659 g/mol. The third-order valence-electron chi connectivity index (χ3n) is 10.7. The van der Waals surface area contributed by atoms with E-state index in [-0.39, 0.29) is 18.5 Å². The van der Waals surface area contributed by atoms with E-state index in [1.54, 1.807) is 0 Å². The average molecular weight is 660 g/mol. The number of allylic oxidation sites excluding steroid dienone is 4. The first-order chi connectivity index (χ1) is 25.2. The molecule has 3 aliphatic rings. The zero-order chi connectivity index (χ0) is 33.7. The van der Waals surface area contributed by atoms with Crippen LogP contribution in [0.3, 0.4) is 0 Å². The van der Waals surface area contributed by atoms with Crippen LogP contribution in [-0.2, 0) is 0 Å². The molecule has 7 aromatic rings. The molecule has 4 nitrogen and oxygen atoms in total. The maximum Gasteiger partial charge on any atom is 0.143 e. The van der Waals surface area contributed by atoms with Crippen molar-refractivity contribution >= 4 is 33.9 Å². The first-order valence-corrected chi connectivity index (χ1v) is 17.9. The van der Waals surface area contributed by atoms with Crippen LogP contribution in [-0.4, -0.2) is 0 Å². The lowest BCUT2D eigenvalue weighted by Gasteiger charge is -2.39. The second kappa shape index (κ2) is 12.5. The Morgan fingerprint density at radius 2 is 1.18 bits per heavy atom. The molecule has 10 rings (SSSR count). The highest BCUT2D eigenvalue weighted by Gasteiger charge is 2.31. The molecule has 4 heteroatoms. The van der Waals surface area contributed by atoms with Gasteiger partial charge >= 0.3 is 0 Å². The zero-order valence-corrected chi connectivity index (χ0v) is 28.1. The highest BCUT2D eigenvalue weighted by Crippen LogP contribution is 2.36. The molecule has 51 heavy (non-hydrogen) atoms. The fourth-order valence-electron chi connectivity index (χ4n) is 8.07. The van der Waals surface area contributed by atoms with E-state index in [0.29, 0.717) is 5.92 Å². The summed E-state index contributed by atoms with van der Waals surface area (Å²) in [7, 11) is 0. The Morgan fingerprint density at radius 3 is 1.90 bits per heavy atom. The smallest absolute Gasteiger partial charge is 0.143 e. The number of benzene rings is 6. The minimum atomic E-state index is -0.133. The Morgan fingerprint density at radius 1 is 0.549 bits per heavy atom. The molecule has 246 valence electrons. The molecule has 0 spiro atoms. The molecular formula is C47H37N3O. The summed E-state index contributed by atoms with van der Waals surface area (Å²) < 4.78 is 6.82. The third kappa shape index (κ3) is 5.45.